The molecule has 4 nitrogen and oxygen atoms in total. The van der Waals surface area contributed by atoms with Crippen molar-refractivity contribution in [2.24, 2.45) is 0 Å². The summed E-state index contributed by atoms with van der Waals surface area (Å²) < 4.78 is 5.40. The molecular weight excluding hydrogens is 288 g/mol. The fourth-order valence-electron chi connectivity index (χ4n) is 3.17. The van der Waals surface area contributed by atoms with Gasteiger partial charge in [0.05, 0.1) is 24.8 Å². The van der Waals surface area contributed by atoms with Gasteiger partial charge in [0.2, 0.25) is 0 Å². The Morgan fingerprint density at radius 2 is 2.00 bits per heavy atom. The van der Waals surface area contributed by atoms with Crippen LogP contribution in [0.2, 0.25) is 5.02 Å². The summed E-state index contributed by atoms with van der Waals surface area (Å²) in [5, 5.41) is 0.548. The minimum Gasteiger partial charge on any atom is -0.379 e. The highest BCUT2D eigenvalue weighted by Crippen LogP contribution is 2.19. The monoisotopic (exact) mass is 308 g/mol. The number of carbonyl (C=O) groups excluding carboxylic acids is 1. The lowest BCUT2D eigenvalue weighted by atomic mass is 10.1. The van der Waals surface area contributed by atoms with E-state index in [2.05, 4.69) is 9.80 Å². The number of benzene rings is 1. The summed E-state index contributed by atoms with van der Waals surface area (Å²) in [6, 6.07) is 7.85. The van der Waals surface area contributed by atoms with Crippen LogP contribution in [0.25, 0.3) is 0 Å². The van der Waals surface area contributed by atoms with E-state index in [0.29, 0.717) is 23.2 Å². The van der Waals surface area contributed by atoms with E-state index in [1.54, 1.807) is 12.1 Å². The maximum Gasteiger partial charge on any atom is 0.178 e. The first-order valence-electron chi connectivity index (χ1n) is 7.56. The number of ketones is 1. The van der Waals surface area contributed by atoms with Crippen molar-refractivity contribution < 1.29 is 9.53 Å². The molecule has 0 saturated carbocycles. The molecule has 3 rings (SSSR count). The van der Waals surface area contributed by atoms with E-state index >= 15 is 0 Å². The largest absolute Gasteiger partial charge is 0.379 e. The number of morpholine rings is 1. The van der Waals surface area contributed by atoms with Crippen molar-refractivity contribution in [3.05, 3.63) is 34.9 Å². The number of hydrogen-bond donors (Lipinski definition) is 0. The van der Waals surface area contributed by atoms with Crippen molar-refractivity contribution in [3.63, 3.8) is 0 Å². The average Bonchev–Trinajstić information content (AvgIpc) is 2.97. The normalized spacial score (nSPS) is 24.3. The lowest BCUT2D eigenvalue weighted by Gasteiger charge is -2.32. The highest BCUT2D eigenvalue weighted by molar-refractivity contribution is 6.34. The van der Waals surface area contributed by atoms with Crippen molar-refractivity contribution in [1.29, 1.82) is 0 Å². The highest BCUT2D eigenvalue weighted by Gasteiger charge is 2.29. The Hall–Kier alpha value is -0.940. The molecule has 1 aromatic rings. The number of carbonyl (C=O) groups is 1. The molecule has 0 bridgehead atoms. The van der Waals surface area contributed by atoms with Gasteiger partial charge < -0.3 is 4.74 Å². The molecule has 1 unspecified atom stereocenters. The second-order valence-electron chi connectivity index (χ2n) is 5.73. The molecule has 2 fully saturated rings. The van der Waals surface area contributed by atoms with Crippen LogP contribution in [0.3, 0.4) is 0 Å². The molecule has 2 saturated heterocycles. The Bertz CT molecular complexity index is 503. The van der Waals surface area contributed by atoms with Crippen molar-refractivity contribution in [2.45, 2.75) is 12.5 Å². The third kappa shape index (κ3) is 3.64. The molecule has 0 radical (unpaired) electrons. The molecule has 0 spiro atoms. The van der Waals surface area contributed by atoms with Gasteiger partial charge in [-0.05, 0) is 18.6 Å². The quantitative estimate of drug-likeness (QED) is 0.796. The molecule has 114 valence electrons. The van der Waals surface area contributed by atoms with Gasteiger partial charge in [-0.15, -0.1) is 0 Å². The SMILES string of the molecule is O=C(CN1CCC(N2CCOCC2)C1)c1ccccc1Cl. The molecule has 2 heterocycles. The molecule has 1 aromatic carbocycles. The number of rotatable bonds is 4. The lowest BCUT2D eigenvalue weighted by molar-refractivity contribution is 0.0185. The first kappa shape index (κ1) is 15.0. The van der Waals surface area contributed by atoms with Crippen LogP contribution < -0.4 is 0 Å². The van der Waals surface area contributed by atoms with E-state index in [-0.39, 0.29) is 5.78 Å². The van der Waals surface area contributed by atoms with Crippen LogP contribution in [0.15, 0.2) is 24.3 Å². The van der Waals surface area contributed by atoms with E-state index in [9.17, 15) is 4.79 Å². The zero-order valence-corrected chi connectivity index (χ0v) is 12.9. The van der Waals surface area contributed by atoms with Crippen molar-refractivity contribution in [1.82, 2.24) is 9.80 Å². The van der Waals surface area contributed by atoms with Crippen LogP contribution in [0.4, 0.5) is 0 Å². The van der Waals surface area contributed by atoms with Gasteiger partial charge in [-0.3, -0.25) is 14.6 Å². The second kappa shape index (κ2) is 6.88. The summed E-state index contributed by atoms with van der Waals surface area (Å²) in [6.45, 7) is 6.09. The van der Waals surface area contributed by atoms with Gasteiger partial charge >= 0.3 is 0 Å². The number of ether oxygens (including phenoxy) is 1. The van der Waals surface area contributed by atoms with E-state index in [4.69, 9.17) is 16.3 Å². The van der Waals surface area contributed by atoms with Gasteiger partial charge in [-0.2, -0.15) is 0 Å². The smallest absolute Gasteiger partial charge is 0.178 e. The van der Waals surface area contributed by atoms with Crippen molar-refractivity contribution >= 4 is 17.4 Å². The highest BCUT2D eigenvalue weighted by atomic mass is 35.5. The Labute approximate surface area is 130 Å². The summed E-state index contributed by atoms with van der Waals surface area (Å²) in [4.78, 5) is 17.1. The molecule has 1 atom stereocenters. The molecule has 5 heteroatoms. The maximum atomic E-state index is 12.3. The summed E-state index contributed by atoms with van der Waals surface area (Å²) in [5.41, 5.74) is 0.633. The summed E-state index contributed by atoms with van der Waals surface area (Å²) >= 11 is 6.09. The van der Waals surface area contributed by atoms with Crippen molar-refractivity contribution in [2.75, 3.05) is 45.9 Å². The number of hydrogen-bond acceptors (Lipinski definition) is 4. The summed E-state index contributed by atoms with van der Waals surface area (Å²) in [7, 11) is 0. The van der Waals surface area contributed by atoms with Crippen LogP contribution in [0, 0.1) is 0 Å². The van der Waals surface area contributed by atoms with E-state index in [0.717, 1.165) is 45.8 Å². The average molecular weight is 309 g/mol. The van der Waals surface area contributed by atoms with Gasteiger partial charge in [-0.1, -0.05) is 23.7 Å². The van der Waals surface area contributed by atoms with Crippen LogP contribution >= 0.6 is 11.6 Å². The molecule has 21 heavy (non-hydrogen) atoms. The Morgan fingerprint density at radius 3 is 2.76 bits per heavy atom. The lowest BCUT2D eigenvalue weighted by Crippen LogP contribution is -2.45. The first-order valence-corrected chi connectivity index (χ1v) is 7.94. The van der Waals surface area contributed by atoms with Crippen molar-refractivity contribution in [3.8, 4) is 0 Å². The fourth-order valence-corrected chi connectivity index (χ4v) is 3.41. The summed E-state index contributed by atoms with van der Waals surface area (Å²) in [6.07, 6.45) is 1.13. The van der Waals surface area contributed by atoms with Gasteiger partial charge in [0.1, 0.15) is 0 Å². The Morgan fingerprint density at radius 1 is 1.24 bits per heavy atom. The zero-order chi connectivity index (χ0) is 14.7. The van der Waals surface area contributed by atoms with Crippen LogP contribution in [-0.2, 0) is 4.74 Å². The predicted molar refractivity (Wildman–Crippen MR) is 83.0 cm³/mol. The maximum absolute atomic E-state index is 12.3. The van der Waals surface area contributed by atoms with E-state index < -0.39 is 0 Å². The first-order chi connectivity index (χ1) is 10.2. The molecule has 0 aliphatic carbocycles. The third-order valence-corrected chi connectivity index (χ3v) is 4.68. The number of nitrogens with zero attached hydrogens (tertiary/aromatic N) is 2. The van der Waals surface area contributed by atoms with Crippen LogP contribution in [0.5, 0.6) is 0 Å². The van der Waals surface area contributed by atoms with Gasteiger partial charge in [0, 0.05) is 37.8 Å². The zero-order valence-electron chi connectivity index (χ0n) is 12.1. The minimum atomic E-state index is 0.114. The number of Topliss-reactive ketones (excluding diaryl/α,β-unsaturated/α-hetero) is 1. The molecule has 2 aliphatic rings. The van der Waals surface area contributed by atoms with E-state index in [1.165, 1.54) is 0 Å². The minimum absolute atomic E-state index is 0.114. The number of likely N-dealkylation sites (tertiary alicyclic amines) is 1. The molecule has 2 aliphatic heterocycles. The molecule has 0 amide bonds. The molecule has 0 aromatic heterocycles. The predicted octanol–water partition coefficient (Wildman–Crippen LogP) is 1.93. The number of halogens is 1. The second-order valence-corrected chi connectivity index (χ2v) is 6.14. The van der Waals surface area contributed by atoms with Crippen LogP contribution in [-0.4, -0.2) is 67.6 Å². The van der Waals surface area contributed by atoms with Crippen LogP contribution in [0.1, 0.15) is 16.8 Å². The van der Waals surface area contributed by atoms with E-state index in [1.807, 2.05) is 12.1 Å². The standard InChI is InChI=1S/C16H21ClN2O2/c17-15-4-2-1-3-14(15)16(20)12-18-6-5-13(11-18)19-7-9-21-10-8-19/h1-4,13H,5-12H2. The molecular formula is C16H21ClN2O2. The molecule has 0 N–H and O–H groups in total. The van der Waals surface area contributed by atoms with Gasteiger partial charge in [0.25, 0.3) is 0 Å². The Kier molecular flexibility index (Phi) is 4.91. The van der Waals surface area contributed by atoms with Gasteiger partial charge in [0.15, 0.2) is 5.78 Å². The third-order valence-electron chi connectivity index (χ3n) is 4.35. The Balaban J connectivity index is 1.55. The fraction of sp³-hybridized carbons (Fsp3) is 0.562. The van der Waals surface area contributed by atoms with Gasteiger partial charge in [-0.25, -0.2) is 0 Å². The topological polar surface area (TPSA) is 32.8 Å². The summed E-state index contributed by atoms with van der Waals surface area (Å²) in [5.74, 6) is 0.114.